The minimum Gasteiger partial charge on any atom is -0.387 e. The third-order valence-corrected chi connectivity index (χ3v) is 3.26. The molecule has 0 heterocycles. The van der Waals surface area contributed by atoms with Crippen LogP contribution in [0.1, 0.15) is 45.4 Å². The standard InChI is InChI=1S/C16H30O5/c1-4-6-7-8-9-10-15(16(18)14(17)5-2)21-13-20-12-11-19-3/h2,14-18H,4,6-13H2,1,3H3/t14-,15-,16+/m1/s1. The minimum atomic E-state index is -1.22. The van der Waals surface area contributed by atoms with E-state index in [-0.39, 0.29) is 6.79 Å². The van der Waals surface area contributed by atoms with Crippen molar-refractivity contribution < 1.29 is 24.4 Å². The summed E-state index contributed by atoms with van der Waals surface area (Å²) in [5.41, 5.74) is 0. The van der Waals surface area contributed by atoms with Crippen molar-refractivity contribution in [3.63, 3.8) is 0 Å². The Balaban J connectivity index is 4.06. The third-order valence-electron chi connectivity index (χ3n) is 3.26. The second kappa shape index (κ2) is 14.3. The van der Waals surface area contributed by atoms with Gasteiger partial charge in [0, 0.05) is 7.11 Å². The minimum absolute atomic E-state index is 0.0529. The molecule has 0 rings (SSSR count). The number of methoxy groups -OCH3 is 1. The normalized spacial score (nSPS) is 15.4. The van der Waals surface area contributed by atoms with Crippen LogP contribution in [-0.4, -0.2) is 55.6 Å². The van der Waals surface area contributed by atoms with Gasteiger partial charge in [0.2, 0.25) is 0 Å². The molecular formula is C16H30O5. The van der Waals surface area contributed by atoms with Crippen LogP contribution in [0, 0.1) is 12.3 Å². The average Bonchev–Trinajstić information content (AvgIpc) is 2.51. The first kappa shape index (κ1) is 20.4. The van der Waals surface area contributed by atoms with E-state index >= 15 is 0 Å². The Morgan fingerprint density at radius 2 is 1.81 bits per heavy atom. The molecule has 2 N–H and O–H groups in total. The van der Waals surface area contributed by atoms with Gasteiger partial charge in [-0.05, 0) is 6.42 Å². The summed E-state index contributed by atoms with van der Waals surface area (Å²) in [4.78, 5) is 0. The van der Waals surface area contributed by atoms with Gasteiger partial charge in [0.15, 0.2) is 0 Å². The molecule has 0 aromatic rings. The lowest BCUT2D eigenvalue weighted by Crippen LogP contribution is -2.38. The fourth-order valence-corrected chi connectivity index (χ4v) is 1.94. The van der Waals surface area contributed by atoms with Crippen LogP contribution in [0.4, 0.5) is 0 Å². The van der Waals surface area contributed by atoms with Crippen LogP contribution in [0.15, 0.2) is 0 Å². The Morgan fingerprint density at radius 3 is 2.43 bits per heavy atom. The van der Waals surface area contributed by atoms with Gasteiger partial charge < -0.3 is 24.4 Å². The fraction of sp³-hybridized carbons (Fsp3) is 0.875. The van der Waals surface area contributed by atoms with E-state index in [1.807, 2.05) is 0 Å². The highest BCUT2D eigenvalue weighted by Gasteiger charge is 2.25. The van der Waals surface area contributed by atoms with Gasteiger partial charge in [-0.25, -0.2) is 0 Å². The summed E-state index contributed by atoms with van der Waals surface area (Å²) >= 11 is 0. The van der Waals surface area contributed by atoms with Gasteiger partial charge in [-0.15, -0.1) is 6.42 Å². The van der Waals surface area contributed by atoms with Crippen molar-refractivity contribution in [2.45, 2.75) is 63.8 Å². The predicted molar refractivity (Wildman–Crippen MR) is 81.8 cm³/mol. The number of unbranched alkanes of at least 4 members (excludes halogenated alkanes) is 4. The molecule has 0 aliphatic rings. The molecular weight excluding hydrogens is 272 g/mol. The molecule has 5 nitrogen and oxygen atoms in total. The van der Waals surface area contributed by atoms with Crippen LogP contribution in [0.5, 0.6) is 0 Å². The molecule has 3 atom stereocenters. The molecule has 0 bridgehead atoms. The molecule has 0 unspecified atom stereocenters. The summed E-state index contributed by atoms with van der Waals surface area (Å²) < 4.78 is 15.6. The first-order valence-electron chi connectivity index (χ1n) is 7.67. The maximum Gasteiger partial charge on any atom is 0.147 e. The van der Waals surface area contributed by atoms with Gasteiger partial charge >= 0.3 is 0 Å². The number of terminal acetylenes is 1. The molecule has 0 saturated carbocycles. The quantitative estimate of drug-likeness (QED) is 0.290. The molecule has 124 valence electrons. The lowest BCUT2D eigenvalue weighted by atomic mass is 10.0. The zero-order valence-corrected chi connectivity index (χ0v) is 13.3. The maximum atomic E-state index is 9.99. The van der Waals surface area contributed by atoms with Crippen molar-refractivity contribution in [3.05, 3.63) is 0 Å². The van der Waals surface area contributed by atoms with E-state index in [4.69, 9.17) is 20.6 Å². The Kier molecular flexibility index (Phi) is 13.9. The van der Waals surface area contributed by atoms with Crippen molar-refractivity contribution in [1.29, 1.82) is 0 Å². The van der Waals surface area contributed by atoms with E-state index in [1.165, 1.54) is 19.3 Å². The molecule has 0 spiro atoms. The van der Waals surface area contributed by atoms with Crippen LogP contribution >= 0.6 is 0 Å². The maximum absolute atomic E-state index is 9.99. The van der Waals surface area contributed by atoms with Crippen LogP contribution < -0.4 is 0 Å². The van der Waals surface area contributed by atoms with E-state index in [1.54, 1.807) is 7.11 Å². The number of aliphatic hydroxyl groups excluding tert-OH is 2. The van der Waals surface area contributed by atoms with E-state index in [9.17, 15) is 10.2 Å². The van der Waals surface area contributed by atoms with Crippen molar-refractivity contribution in [1.82, 2.24) is 0 Å². The molecule has 5 heteroatoms. The number of hydrogen-bond donors (Lipinski definition) is 2. The summed E-state index contributed by atoms with van der Waals surface area (Å²) in [6.45, 7) is 3.13. The van der Waals surface area contributed by atoms with Gasteiger partial charge in [-0.3, -0.25) is 0 Å². The molecule has 0 aromatic heterocycles. The molecule has 0 radical (unpaired) electrons. The average molecular weight is 302 g/mol. The van der Waals surface area contributed by atoms with Crippen LogP contribution in [0.3, 0.4) is 0 Å². The second-order valence-electron chi connectivity index (χ2n) is 5.03. The van der Waals surface area contributed by atoms with Gasteiger partial charge in [-0.2, -0.15) is 0 Å². The molecule has 0 aliphatic heterocycles. The number of ether oxygens (including phenoxy) is 3. The molecule has 0 amide bonds. The zero-order valence-electron chi connectivity index (χ0n) is 13.3. The monoisotopic (exact) mass is 302 g/mol. The Morgan fingerprint density at radius 1 is 1.10 bits per heavy atom. The second-order valence-corrected chi connectivity index (χ2v) is 5.03. The van der Waals surface area contributed by atoms with Crippen molar-refractivity contribution in [2.75, 3.05) is 27.1 Å². The summed E-state index contributed by atoms with van der Waals surface area (Å²) in [7, 11) is 1.59. The first-order chi connectivity index (χ1) is 10.2. The van der Waals surface area contributed by atoms with Crippen LogP contribution in [0.25, 0.3) is 0 Å². The van der Waals surface area contributed by atoms with Gasteiger partial charge in [0.1, 0.15) is 19.0 Å². The van der Waals surface area contributed by atoms with Crippen molar-refractivity contribution in [2.24, 2.45) is 0 Å². The summed E-state index contributed by atoms with van der Waals surface area (Å²) in [6, 6.07) is 0. The highest BCUT2D eigenvalue weighted by Crippen LogP contribution is 2.14. The fourth-order valence-electron chi connectivity index (χ4n) is 1.94. The van der Waals surface area contributed by atoms with E-state index in [0.29, 0.717) is 19.6 Å². The van der Waals surface area contributed by atoms with Crippen LogP contribution in [-0.2, 0) is 14.2 Å². The van der Waals surface area contributed by atoms with Crippen molar-refractivity contribution in [3.8, 4) is 12.3 Å². The van der Waals surface area contributed by atoms with Crippen LogP contribution in [0.2, 0.25) is 0 Å². The highest BCUT2D eigenvalue weighted by atomic mass is 16.7. The van der Waals surface area contributed by atoms with Gasteiger partial charge in [-0.1, -0.05) is 44.9 Å². The smallest absolute Gasteiger partial charge is 0.147 e. The molecule has 0 aliphatic carbocycles. The first-order valence-corrected chi connectivity index (χ1v) is 7.67. The largest absolute Gasteiger partial charge is 0.387 e. The van der Waals surface area contributed by atoms with E-state index < -0.39 is 18.3 Å². The Bertz CT molecular complexity index is 250. The summed E-state index contributed by atoms with van der Waals surface area (Å²) in [5, 5.41) is 19.5. The predicted octanol–water partition coefficient (Wildman–Crippen LogP) is 1.71. The molecule has 0 saturated heterocycles. The topological polar surface area (TPSA) is 68.2 Å². The number of rotatable bonds is 14. The number of hydrogen-bond acceptors (Lipinski definition) is 5. The Hall–Kier alpha value is -0.640. The Labute approximate surface area is 128 Å². The SMILES string of the molecule is C#C[C@@H](O)[C@H](O)[C@@H](CCCCCCC)OCOCCOC. The van der Waals surface area contributed by atoms with Gasteiger partial charge in [0.25, 0.3) is 0 Å². The molecule has 0 aromatic carbocycles. The lowest BCUT2D eigenvalue weighted by Gasteiger charge is -2.24. The molecule has 21 heavy (non-hydrogen) atoms. The van der Waals surface area contributed by atoms with E-state index in [2.05, 4.69) is 12.8 Å². The summed E-state index contributed by atoms with van der Waals surface area (Å²) in [6.07, 6.45) is 8.54. The van der Waals surface area contributed by atoms with Crippen molar-refractivity contribution >= 4 is 0 Å². The highest BCUT2D eigenvalue weighted by molar-refractivity contribution is 4.99. The van der Waals surface area contributed by atoms with Gasteiger partial charge in [0.05, 0.1) is 19.3 Å². The zero-order chi connectivity index (χ0) is 15.9. The van der Waals surface area contributed by atoms with E-state index in [0.717, 1.165) is 12.8 Å². The number of aliphatic hydroxyl groups is 2. The third kappa shape index (κ3) is 10.7. The summed E-state index contributed by atoms with van der Waals surface area (Å²) in [5.74, 6) is 2.13. The molecule has 0 fully saturated rings. The lowest BCUT2D eigenvalue weighted by molar-refractivity contribution is -0.145.